The molecule has 16 heavy (non-hydrogen) atoms. The van der Waals surface area contributed by atoms with Gasteiger partial charge in [-0.2, -0.15) is 0 Å². The second-order valence-electron chi connectivity index (χ2n) is 6.18. The van der Waals surface area contributed by atoms with Crippen LogP contribution in [0.5, 0.6) is 0 Å². The minimum Gasteiger partial charge on any atom is -0.549 e. The Bertz CT molecular complexity index is 278. The van der Waals surface area contributed by atoms with Crippen molar-refractivity contribution in [3.05, 3.63) is 0 Å². The highest BCUT2D eigenvalue weighted by Crippen LogP contribution is 2.61. The van der Waals surface area contributed by atoms with Gasteiger partial charge in [0.2, 0.25) is 0 Å². The van der Waals surface area contributed by atoms with Crippen LogP contribution in [0, 0.1) is 17.8 Å². The maximum atomic E-state index is 10.9. The summed E-state index contributed by atoms with van der Waals surface area (Å²) in [5.41, 5.74) is 0. The predicted octanol–water partition coefficient (Wildman–Crippen LogP) is 1.83. The number of hydrogen-bond donors (Lipinski definition) is 0. The maximum absolute atomic E-state index is 10.9. The fourth-order valence-electron chi connectivity index (χ4n) is 4.60. The topological polar surface area (TPSA) is 40.1 Å². The first-order valence-corrected chi connectivity index (χ1v) is 7.33. The molecule has 3 heteroatoms. The molecule has 2 nitrogen and oxygen atoms in total. The van der Waals surface area contributed by atoms with E-state index in [2.05, 4.69) is 0 Å². The highest BCUT2D eigenvalue weighted by molar-refractivity contribution is 8.01. The molecule has 0 N–H and O–H groups in total. The van der Waals surface area contributed by atoms with Crippen LogP contribution >= 0.6 is 11.8 Å². The number of hydrogen-bond acceptors (Lipinski definition) is 3. The van der Waals surface area contributed by atoms with Crippen molar-refractivity contribution in [3.63, 3.8) is 0 Å². The lowest BCUT2D eigenvalue weighted by Crippen LogP contribution is -2.50. The molecule has 4 saturated carbocycles. The Morgan fingerprint density at radius 1 is 1.19 bits per heavy atom. The Hall–Kier alpha value is -0.180. The molecule has 90 valence electrons. The Morgan fingerprint density at radius 3 is 2.00 bits per heavy atom. The number of carbonyl (C=O) groups is 1. The van der Waals surface area contributed by atoms with E-state index < -0.39 is 5.97 Å². The van der Waals surface area contributed by atoms with Gasteiger partial charge < -0.3 is 9.90 Å². The monoisotopic (exact) mass is 239 g/mol. The molecule has 4 aliphatic carbocycles. The molecule has 0 aromatic heterocycles. The summed E-state index contributed by atoms with van der Waals surface area (Å²) in [4.78, 5) is 10.9. The normalized spacial score (nSPS) is 46.9. The van der Waals surface area contributed by atoms with Gasteiger partial charge in [0.1, 0.15) is 0 Å². The second-order valence-corrected chi connectivity index (χ2v) is 7.99. The van der Waals surface area contributed by atoms with Crippen molar-refractivity contribution in [3.8, 4) is 0 Å². The number of carbonyl (C=O) groups excluding carboxylic acids is 1. The van der Waals surface area contributed by atoms with Gasteiger partial charge in [-0.05, 0) is 63.2 Å². The summed E-state index contributed by atoms with van der Waals surface area (Å²) in [6, 6.07) is 0. The molecular formula is C13H19O2S-. The van der Waals surface area contributed by atoms with Crippen molar-refractivity contribution in [1.29, 1.82) is 0 Å². The van der Waals surface area contributed by atoms with E-state index in [4.69, 9.17) is 0 Å². The summed E-state index contributed by atoms with van der Waals surface area (Å²) in [5, 5.41) is 10.6. The molecule has 4 bridgehead atoms. The molecule has 0 amide bonds. The summed E-state index contributed by atoms with van der Waals surface area (Å²) in [7, 11) is 0. The van der Waals surface area contributed by atoms with Gasteiger partial charge in [0.15, 0.2) is 0 Å². The number of carboxylic acids is 1. The third-order valence-electron chi connectivity index (χ3n) is 4.74. The SMILES string of the molecule is C[C@H](SC12CC3CC(CC(C3)C1)C2)C(=O)[O-]. The van der Waals surface area contributed by atoms with Gasteiger partial charge in [-0.15, -0.1) is 11.8 Å². The minimum atomic E-state index is -0.888. The van der Waals surface area contributed by atoms with Crippen LogP contribution in [0.1, 0.15) is 45.4 Å². The largest absolute Gasteiger partial charge is 0.549 e. The Kier molecular flexibility index (Phi) is 2.50. The van der Waals surface area contributed by atoms with E-state index >= 15 is 0 Å². The van der Waals surface area contributed by atoms with Gasteiger partial charge in [0, 0.05) is 10.00 Å². The van der Waals surface area contributed by atoms with E-state index in [0.29, 0.717) is 4.75 Å². The number of thioether (sulfide) groups is 1. The molecule has 0 aliphatic heterocycles. The lowest BCUT2D eigenvalue weighted by Gasteiger charge is -2.57. The zero-order valence-corrected chi connectivity index (χ0v) is 10.6. The first-order valence-electron chi connectivity index (χ1n) is 6.45. The van der Waals surface area contributed by atoms with Crippen LogP contribution in [0.4, 0.5) is 0 Å². The lowest BCUT2D eigenvalue weighted by atomic mass is 9.56. The van der Waals surface area contributed by atoms with E-state index in [-0.39, 0.29) is 5.25 Å². The van der Waals surface area contributed by atoms with Crippen molar-refractivity contribution >= 4 is 17.7 Å². The molecule has 4 rings (SSSR count). The Labute approximate surface area is 101 Å². The van der Waals surface area contributed by atoms with Crippen molar-refractivity contribution in [1.82, 2.24) is 0 Å². The van der Waals surface area contributed by atoms with Gasteiger partial charge >= 0.3 is 0 Å². The Morgan fingerprint density at radius 2 is 1.62 bits per heavy atom. The standard InChI is InChI=1S/C13H20O2S/c1-8(12(14)15)16-13-5-9-2-10(6-13)4-11(3-9)7-13/h8-11H,2-7H2,1H3,(H,14,15)/p-1/t8-,9?,10?,11?,13?/m0/s1. The first kappa shape index (κ1) is 10.9. The van der Waals surface area contributed by atoms with Crippen LogP contribution in [0.15, 0.2) is 0 Å². The van der Waals surface area contributed by atoms with E-state index in [0.717, 1.165) is 17.8 Å². The van der Waals surface area contributed by atoms with E-state index in [1.54, 1.807) is 18.7 Å². The highest BCUT2D eigenvalue weighted by Gasteiger charge is 2.51. The molecule has 0 aromatic carbocycles. The number of rotatable bonds is 3. The molecule has 0 heterocycles. The van der Waals surface area contributed by atoms with E-state index in [9.17, 15) is 9.90 Å². The summed E-state index contributed by atoms with van der Waals surface area (Å²) in [5.74, 6) is 1.80. The smallest absolute Gasteiger partial charge is 0.0542 e. The van der Waals surface area contributed by atoms with Crippen molar-refractivity contribution < 1.29 is 9.90 Å². The van der Waals surface area contributed by atoms with Crippen molar-refractivity contribution in [2.75, 3.05) is 0 Å². The average Bonchev–Trinajstić information content (AvgIpc) is 2.13. The fraction of sp³-hybridized carbons (Fsp3) is 0.923. The van der Waals surface area contributed by atoms with E-state index in [1.165, 1.54) is 38.5 Å². The molecule has 0 aromatic rings. The fourth-order valence-corrected chi connectivity index (χ4v) is 6.44. The molecule has 0 saturated heterocycles. The van der Waals surface area contributed by atoms with Gasteiger partial charge in [0.25, 0.3) is 0 Å². The molecule has 1 atom stereocenters. The van der Waals surface area contributed by atoms with Gasteiger partial charge in [-0.1, -0.05) is 0 Å². The van der Waals surface area contributed by atoms with Crippen LogP contribution in [-0.2, 0) is 4.79 Å². The second kappa shape index (κ2) is 3.66. The molecule has 4 aliphatic rings. The van der Waals surface area contributed by atoms with Crippen LogP contribution < -0.4 is 5.11 Å². The lowest BCUT2D eigenvalue weighted by molar-refractivity contribution is -0.304. The molecule has 0 spiro atoms. The number of aliphatic carboxylic acids is 1. The zero-order chi connectivity index (χ0) is 11.3. The van der Waals surface area contributed by atoms with Crippen LogP contribution in [0.3, 0.4) is 0 Å². The third-order valence-corrected chi connectivity index (χ3v) is 6.29. The molecule has 4 fully saturated rings. The van der Waals surface area contributed by atoms with Crippen LogP contribution in [0.25, 0.3) is 0 Å². The zero-order valence-electron chi connectivity index (χ0n) is 9.78. The quantitative estimate of drug-likeness (QED) is 0.754. The molecule has 0 unspecified atom stereocenters. The Balaban J connectivity index is 1.76. The summed E-state index contributed by atoms with van der Waals surface area (Å²) >= 11 is 1.70. The van der Waals surface area contributed by atoms with Crippen molar-refractivity contribution in [2.24, 2.45) is 17.8 Å². The molecular weight excluding hydrogens is 220 g/mol. The molecule has 0 radical (unpaired) electrons. The predicted molar refractivity (Wildman–Crippen MR) is 63.0 cm³/mol. The van der Waals surface area contributed by atoms with Gasteiger partial charge in [-0.25, -0.2) is 0 Å². The summed E-state index contributed by atoms with van der Waals surface area (Å²) in [6.07, 6.45) is 8.04. The van der Waals surface area contributed by atoms with Gasteiger partial charge in [-0.3, -0.25) is 0 Å². The summed E-state index contributed by atoms with van der Waals surface area (Å²) in [6.45, 7) is 1.79. The highest BCUT2D eigenvalue weighted by atomic mass is 32.2. The summed E-state index contributed by atoms with van der Waals surface area (Å²) < 4.78 is 0.300. The van der Waals surface area contributed by atoms with Crippen molar-refractivity contribution in [2.45, 2.75) is 55.4 Å². The van der Waals surface area contributed by atoms with Crippen LogP contribution in [-0.4, -0.2) is 16.0 Å². The third kappa shape index (κ3) is 1.77. The number of carboxylic acid groups (broad SMARTS) is 1. The minimum absolute atomic E-state index is 0.300. The average molecular weight is 239 g/mol. The van der Waals surface area contributed by atoms with E-state index in [1.807, 2.05) is 0 Å². The first-order chi connectivity index (χ1) is 7.56. The van der Waals surface area contributed by atoms with Gasteiger partial charge in [0.05, 0.1) is 5.97 Å². The maximum Gasteiger partial charge on any atom is 0.0542 e. The van der Waals surface area contributed by atoms with Crippen LogP contribution in [0.2, 0.25) is 0 Å².